The average molecular weight is 383 g/mol. The highest BCUT2D eigenvalue weighted by Crippen LogP contribution is 2.33. The van der Waals surface area contributed by atoms with Crippen LogP contribution in [-0.2, 0) is 14.8 Å². The lowest BCUT2D eigenvalue weighted by Gasteiger charge is -2.23. The molecule has 2 heterocycles. The number of nitrogens with one attached hydrogen (secondary N) is 2. The molecule has 2 rings (SSSR count). The quantitative estimate of drug-likeness (QED) is 0.767. The van der Waals surface area contributed by atoms with E-state index in [1.807, 2.05) is 6.92 Å². The molecular weight excluding hydrogens is 368 g/mol. The fourth-order valence-corrected chi connectivity index (χ4v) is 5.94. The van der Waals surface area contributed by atoms with Gasteiger partial charge in [-0.15, -0.1) is 11.3 Å². The van der Waals surface area contributed by atoms with Crippen molar-refractivity contribution in [1.29, 1.82) is 0 Å². The third-order valence-corrected chi connectivity index (χ3v) is 6.95. The molecule has 1 aliphatic rings. The zero-order valence-corrected chi connectivity index (χ0v) is 14.2. The van der Waals surface area contributed by atoms with E-state index in [4.69, 9.17) is 0 Å². The minimum atomic E-state index is -3.69. The molecule has 0 bridgehead atoms. The molecule has 6 nitrogen and oxygen atoms in total. The van der Waals surface area contributed by atoms with Crippen molar-refractivity contribution in [2.45, 2.75) is 23.8 Å². The summed E-state index contributed by atoms with van der Waals surface area (Å²) in [5, 5.41) is 3.12. The molecule has 0 aliphatic carbocycles. The van der Waals surface area contributed by atoms with Crippen LogP contribution in [0.15, 0.2) is 14.7 Å². The second-order valence-electron chi connectivity index (χ2n) is 4.83. The Labute approximate surface area is 130 Å². The van der Waals surface area contributed by atoms with Gasteiger partial charge in [-0.1, -0.05) is 0 Å². The second kappa shape index (κ2) is 5.72. The van der Waals surface area contributed by atoms with Gasteiger partial charge in [-0.2, -0.15) is 0 Å². The van der Waals surface area contributed by atoms with E-state index in [-0.39, 0.29) is 9.77 Å². The summed E-state index contributed by atoms with van der Waals surface area (Å²) in [6.45, 7) is 3.21. The Hall–Kier alpha value is -0.480. The minimum absolute atomic E-state index is 0.0658. The van der Waals surface area contributed by atoms with Crippen LogP contribution in [0.5, 0.6) is 0 Å². The number of hydrogen-bond donors (Lipinski definition) is 2. The Bertz CT molecular complexity index is 620. The maximum absolute atomic E-state index is 12.4. The van der Waals surface area contributed by atoms with Gasteiger partial charge in [0.2, 0.25) is 10.0 Å². The molecule has 0 amide bonds. The summed E-state index contributed by atoms with van der Waals surface area (Å²) >= 11 is 4.23. The van der Waals surface area contributed by atoms with Crippen molar-refractivity contribution in [3.63, 3.8) is 0 Å². The molecular formula is C11H15BrN2O4S2. The van der Waals surface area contributed by atoms with Crippen molar-refractivity contribution >= 4 is 43.3 Å². The van der Waals surface area contributed by atoms with Crippen molar-refractivity contribution in [2.24, 2.45) is 0 Å². The van der Waals surface area contributed by atoms with E-state index < -0.39 is 21.5 Å². The zero-order valence-electron chi connectivity index (χ0n) is 11.0. The Balaban J connectivity index is 2.30. The van der Waals surface area contributed by atoms with E-state index in [2.05, 4.69) is 30.7 Å². The van der Waals surface area contributed by atoms with Gasteiger partial charge in [0.1, 0.15) is 9.77 Å². The lowest BCUT2D eigenvalue weighted by Crippen LogP contribution is -2.47. The number of methoxy groups -OCH3 is 1. The zero-order chi connectivity index (χ0) is 15.0. The van der Waals surface area contributed by atoms with E-state index in [1.165, 1.54) is 13.2 Å². The van der Waals surface area contributed by atoms with Gasteiger partial charge in [0.25, 0.3) is 0 Å². The molecule has 1 atom stereocenters. The highest BCUT2D eigenvalue weighted by atomic mass is 79.9. The summed E-state index contributed by atoms with van der Waals surface area (Å²) in [5.41, 5.74) is -0.508. The predicted molar refractivity (Wildman–Crippen MR) is 79.6 cm³/mol. The van der Waals surface area contributed by atoms with E-state index in [0.29, 0.717) is 10.3 Å². The monoisotopic (exact) mass is 382 g/mol. The van der Waals surface area contributed by atoms with Crippen molar-refractivity contribution in [3.8, 4) is 0 Å². The van der Waals surface area contributed by atoms with Crippen LogP contribution >= 0.6 is 27.3 Å². The van der Waals surface area contributed by atoms with Crippen LogP contribution in [0, 0.1) is 0 Å². The first kappa shape index (κ1) is 15.9. The number of ether oxygens (including phenoxy) is 1. The highest BCUT2D eigenvalue weighted by molar-refractivity contribution is 9.11. The third kappa shape index (κ3) is 3.22. The molecule has 1 saturated heterocycles. The smallest absolute Gasteiger partial charge is 0.348 e. The number of sulfonamides is 1. The molecule has 0 saturated carbocycles. The predicted octanol–water partition coefficient (Wildman–Crippen LogP) is 1.33. The molecule has 1 fully saturated rings. The molecule has 1 aliphatic heterocycles. The molecule has 1 unspecified atom stereocenters. The first-order valence-electron chi connectivity index (χ1n) is 5.90. The number of rotatable bonds is 4. The van der Waals surface area contributed by atoms with Crippen LogP contribution < -0.4 is 10.0 Å². The molecule has 0 spiro atoms. The summed E-state index contributed by atoms with van der Waals surface area (Å²) < 4.78 is 32.5. The molecule has 20 heavy (non-hydrogen) atoms. The van der Waals surface area contributed by atoms with E-state index in [0.717, 1.165) is 24.3 Å². The number of hydrogen-bond acceptors (Lipinski definition) is 6. The Kier molecular flexibility index (Phi) is 4.55. The van der Waals surface area contributed by atoms with Crippen LogP contribution in [-0.4, -0.2) is 40.1 Å². The fraction of sp³-hybridized carbons (Fsp3) is 0.545. The largest absolute Gasteiger partial charge is 0.465 e. The number of carbonyl (C=O) groups excluding carboxylic acids is 1. The van der Waals surface area contributed by atoms with Crippen LogP contribution in [0.1, 0.15) is 23.0 Å². The van der Waals surface area contributed by atoms with Gasteiger partial charge in [-0.3, -0.25) is 0 Å². The topological polar surface area (TPSA) is 84.5 Å². The van der Waals surface area contributed by atoms with Gasteiger partial charge in [0.15, 0.2) is 0 Å². The Morgan fingerprint density at radius 1 is 1.60 bits per heavy atom. The van der Waals surface area contributed by atoms with Gasteiger partial charge >= 0.3 is 5.97 Å². The lowest BCUT2D eigenvalue weighted by atomic mass is 10.0. The second-order valence-corrected chi connectivity index (χ2v) is 8.85. The number of halogens is 1. The van der Waals surface area contributed by atoms with Crippen LogP contribution in [0.2, 0.25) is 0 Å². The minimum Gasteiger partial charge on any atom is -0.465 e. The number of thiophene rings is 1. The van der Waals surface area contributed by atoms with Crippen molar-refractivity contribution in [3.05, 3.63) is 14.7 Å². The van der Waals surface area contributed by atoms with Crippen LogP contribution in [0.3, 0.4) is 0 Å². The van der Waals surface area contributed by atoms with Crippen molar-refractivity contribution in [1.82, 2.24) is 10.0 Å². The summed E-state index contributed by atoms with van der Waals surface area (Å²) in [6, 6.07) is 1.33. The SMILES string of the molecule is COC(=O)c1cc(S(=O)(=O)NC2(C)CCNC2)c(Br)s1. The molecule has 0 aromatic carbocycles. The Morgan fingerprint density at radius 3 is 2.85 bits per heavy atom. The fourth-order valence-electron chi connectivity index (χ4n) is 2.02. The molecule has 9 heteroatoms. The molecule has 112 valence electrons. The van der Waals surface area contributed by atoms with Gasteiger partial charge in [-0.05, 0) is 41.9 Å². The number of esters is 1. The average Bonchev–Trinajstić information content (AvgIpc) is 2.94. The van der Waals surface area contributed by atoms with Gasteiger partial charge in [0, 0.05) is 12.1 Å². The first-order chi connectivity index (χ1) is 9.27. The maximum atomic E-state index is 12.4. The lowest BCUT2D eigenvalue weighted by molar-refractivity contribution is 0.0606. The van der Waals surface area contributed by atoms with Gasteiger partial charge in [-0.25, -0.2) is 17.9 Å². The standard InChI is InChI=1S/C11H15BrN2O4S2/c1-11(3-4-13-6-11)14-20(16,17)8-5-7(10(15)18-2)19-9(8)12/h5,13-14H,3-4,6H2,1-2H3. The normalized spacial score (nSPS) is 22.9. The summed E-state index contributed by atoms with van der Waals surface area (Å²) in [4.78, 5) is 11.8. The molecule has 1 aromatic heterocycles. The third-order valence-electron chi connectivity index (χ3n) is 3.08. The maximum Gasteiger partial charge on any atom is 0.348 e. The van der Waals surface area contributed by atoms with E-state index >= 15 is 0 Å². The first-order valence-corrected chi connectivity index (χ1v) is 8.99. The Morgan fingerprint density at radius 2 is 2.30 bits per heavy atom. The van der Waals surface area contributed by atoms with Crippen LogP contribution in [0.4, 0.5) is 0 Å². The van der Waals surface area contributed by atoms with Gasteiger partial charge < -0.3 is 10.1 Å². The van der Waals surface area contributed by atoms with E-state index in [9.17, 15) is 13.2 Å². The number of carbonyl (C=O) groups is 1. The summed E-state index contributed by atoms with van der Waals surface area (Å²) in [6.07, 6.45) is 0.720. The summed E-state index contributed by atoms with van der Waals surface area (Å²) in [7, 11) is -2.43. The van der Waals surface area contributed by atoms with Crippen LogP contribution in [0.25, 0.3) is 0 Å². The molecule has 0 radical (unpaired) electrons. The van der Waals surface area contributed by atoms with Crippen molar-refractivity contribution in [2.75, 3.05) is 20.2 Å². The molecule has 1 aromatic rings. The summed E-state index contributed by atoms with van der Waals surface area (Å²) in [5.74, 6) is -0.550. The molecule has 2 N–H and O–H groups in total. The van der Waals surface area contributed by atoms with E-state index in [1.54, 1.807) is 0 Å². The van der Waals surface area contributed by atoms with Gasteiger partial charge in [0.05, 0.1) is 10.9 Å². The van der Waals surface area contributed by atoms with Crippen molar-refractivity contribution < 1.29 is 17.9 Å². The highest BCUT2D eigenvalue weighted by Gasteiger charge is 2.35.